The van der Waals surface area contributed by atoms with Gasteiger partial charge < -0.3 is 30.4 Å². The predicted octanol–water partition coefficient (Wildman–Crippen LogP) is 1.88. The van der Waals surface area contributed by atoms with Crippen LogP contribution in [0.25, 0.3) is 22.3 Å². The van der Waals surface area contributed by atoms with Crippen molar-refractivity contribution in [2.24, 2.45) is 5.92 Å². The quantitative estimate of drug-likeness (QED) is 0.265. The average molecular weight is 666 g/mol. The normalized spacial score (nSPS) is 38.1. The maximum Gasteiger partial charge on any atom is 0.697 e. The second-order valence-electron chi connectivity index (χ2n) is 11.1. The second kappa shape index (κ2) is 10.1. The lowest BCUT2D eigenvalue weighted by molar-refractivity contribution is -0.154. The number of fused-ring (bicyclic) bond motifs is 4. The molecule has 44 heavy (non-hydrogen) atoms. The standard InChI is InChI=1S/C23H26N10O8P2S/c1-2-22-6-36-42(34)40-13-3-11(38-21(13)33-10-31-15-17(25)27-8-29-19(15)33)5-37-43(35,44)41-23(22)4-12(23)20(39-22)32-9-30-14-16(24)26-7-28-18(14)32/h7-13,20-21H,2-6H2,1H3,(H4-,24,25,26,27,28,29,35,44)/p+1/t11-,12-,13+,20+,21+,22+,23-,43?/m0/s1. The summed E-state index contributed by atoms with van der Waals surface area (Å²) in [5, 5.41) is 0. The molecule has 4 aromatic rings. The minimum atomic E-state index is -3.86. The van der Waals surface area contributed by atoms with E-state index >= 15 is 0 Å². The van der Waals surface area contributed by atoms with Crippen molar-refractivity contribution in [2.45, 2.75) is 62.1 Å². The first kappa shape index (κ1) is 28.6. The summed E-state index contributed by atoms with van der Waals surface area (Å²) < 4.78 is 53.6. The molecule has 2 unspecified atom stereocenters. The van der Waals surface area contributed by atoms with Gasteiger partial charge in [-0.15, -0.1) is 9.05 Å². The first-order valence-corrected chi connectivity index (χ1v) is 17.5. The van der Waals surface area contributed by atoms with Crippen LogP contribution in [0.3, 0.4) is 0 Å². The van der Waals surface area contributed by atoms with Crippen molar-refractivity contribution in [2.75, 3.05) is 24.7 Å². The highest BCUT2D eigenvalue weighted by Crippen LogP contribution is 2.73. The Bertz CT molecular complexity index is 1860. The highest BCUT2D eigenvalue weighted by atomic mass is 32.5. The number of anilines is 2. The van der Waals surface area contributed by atoms with E-state index in [0.29, 0.717) is 35.2 Å². The smallest absolute Gasteiger partial charge is 0.382 e. The highest BCUT2D eigenvalue weighted by Gasteiger charge is 2.79. The zero-order valence-electron chi connectivity index (χ0n) is 23.1. The lowest BCUT2D eigenvalue weighted by Crippen LogP contribution is -2.48. The van der Waals surface area contributed by atoms with Crippen LogP contribution in [0.5, 0.6) is 0 Å². The van der Waals surface area contributed by atoms with Crippen LogP contribution in [-0.4, -0.2) is 80.6 Å². The summed E-state index contributed by atoms with van der Waals surface area (Å²) in [6.45, 7) is -2.28. The number of hydrogen-bond acceptors (Lipinski definition) is 16. The van der Waals surface area contributed by atoms with Gasteiger partial charge in [0.25, 0.3) is 0 Å². The lowest BCUT2D eigenvalue weighted by Gasteiger charge is -2.37. The van der Waals surface area contributed by atoms with E-state index in [0.717, 1.165) is 0 Å². The molecule has 0 amide bonds. The van der Waals surface area contributed by atoms with Gasteiger partial charge in [-0.3, -0.25) is 13.7 Å². The van der Waals surface area contributed by atoms with E-state index in [1.165, 1.54) is 19.0 Å². The van der Waals surface area contributed by atoms with Gasteiger partial charge in [0, 0.05) is 16.9 Å². The third-order valence-electron chi connectivity index (χ3n) is 8.79. The van der Waals surface area contributed by atoms with Crippen molar-refractivity contribution in [3.05, 3.63) is 25.3 Å². The van der Waals surface area contributed by atoms with Crippen molar-refractivity contribution >= 4 is 60.7 Å². The van der Waals surface area contributed by atoms with E-state index in [1.54, 1.807) is 15.5 Å². The first-order valence-electron chi connectivity index (χ1n) is 13.8. The predicted molar refractivity (Wildman–Crippen MR) is 154 cm³/mol. The summed E-state index contributed by atoms with van der Waals surface area (Å²) in [5.41, 5.74) is 11.4. The largest absolute Gasteiger partial charge is 0.697 e. The Morgan fingerprint density at radius 1 is 1.07 bits per heavy atom. The number of nitrogens with zero attached hydrogens (tertiary/aromatic N) is 8. The van der Waals surface area contributed by atoms with Crippen LogP contribution >= 0.6 is 15.0 Å². The van der Waals surface area contributed by atoms with Crippen LogP contribution in [0.4, 0.5) is 11.6 Å². The van der Waals surface area contributed by atoms with Gasteiger partial charge in [-0.1, -0.05) is 6.92 Å². The summed E-state index contributed by atoms with van der Waals surface area (Å²) in [6, 6.07) is 0. The molecule has 3 aliphatic heterocycles. The van der Waals surface area contributed by atoms with Gasteiger partial charge in [-0.25, -0.2) is 29.9 Å². The van der Waals surface area contributed by atoms with E-state index in [4.69, 9.17) is 50.8 Å². The third-order valence-corrected chi connectivity index (χ3v) is 11.1. The molecule has 4 fully saturated rings. The number of ether oxygens (including phenoxy) is 2. The monoisotopic (exact) mass is 665 g/mol. The molecule has 18 nitrogen and oxygen atoms in total. The fraction of sp³-hybridized carbons (Fsp3) is 0.565. The minimum Gasteiger partial charge on any atom is -0.382 e. The van der Waals surface area contributed by atoms with E-state index in [-0.39, 0.29) is 37.2 Å². The Morgan fingerprint density at radius 2 is 1.73 bits per heavy atom. The molecule has 1 spiro atoms. The van der Waals surface area contributed by atoms with Crippen LogP contribution < -0.4 is 11.5 Å². The Hall–Kier alpha value is -2.83. The number of imidazole rings is 2. The average Bonchev–Trinajstić information content (AvgIpc) is 3.39. The zero-order chi connectivity index (χ0) is 30.4. The lowest BCUT2D eigenvalue weighted by atomic mass is 9.92. The fourth-order valence-electron chi connectivity index (χ4n) is 6.60. The molecule has 3 saturated heterocycles. The van der Waals surface area contributed by atoms with Crippen LogP contribution in [0, 0.1) is 5.92 Å². The topological polar surface area (TPSA) is 232 Å². The molecule has 1 saturated carbocycles. The Morgan fingerprint density at radius 3 is 2.39 bits per heavy atom. The summed E-state index contributed by atoms with van der Waals surface area (Å²) in [7, 11) is -2.68. The molecule has 5 N–H and O–H groups in total. The third kappa shape index (κ3) is 4.30. The summed E-state index contributed by atoms with van der Waals surface area (Å²) in [5.74, 6) is 0.140. The molecule has 7 heterocycles. The summed E-state index contributed by atoms with van der Waals surface area (Å²) >= 11 is 5.51. The van der Waals surface area contributed by atoms with Gasteiger partial charge in [0.15, 0.2) is 35.3 Å². The molecule has 21 heteroatoms. The first-order chi connectivity index (χ1) is 21.1. The van der Waals surface area contributed by atoms with Crippen molar-refractivity contribution in [3.8, 4) is 0 Å². The van der Waals surface area contributed by atoms with Gasteiger partial charge in [0.05, 0.1) is 25.4 Å². The number of nitrogens with two attached hydrogens (primary N) is 2. The molecule has 0 radical (unpaired) electrons. The maximum absolute atomic E-state index is 13.4. The van der Waals surface area contributed by atoms with Crippen LogP contribution in [0.2, 0.25) is 0 Å². The van der Waals surface area contributed by atoms with Crippen molar-refractivity contribution in [1.82, 2.24) is 39.0 Å². The van der Waals surface area contributed by atoms with Gasteiger partial charge in [0.1, 0.15) is 47.7 Å². The van der Waals surface area contributed by atoms with Crippen molar-refractivity contribution in [3.63, 3.8) is 0 Å². The molecular formula is C23H27N10O8P2S+. The molecule has 4 aliphatic rings. The van der Waals surface area contributed by atoms with E-state index in [1.807, 2.05) is 6.92 Å². The number of hydrogen-bond donors (Lipinski definition) is 3. The highest BCUT2D eigenvalue weighted by molar-refractivity contribution is 8.07. The van der Waals surface area contributed by atoms with E-state index in [9.17, 15) is 9.46 Å². The zero-order valence-corrected chi connectivity index (χ0v) is 25.7. The molecule has 4 aromatic heterocycles. The Balaban J connectivity index is 1.12. The Kier molecular flexibility index (Phi) is 6.56. The van der Waals surface area contributed by atoms with Crippen molar-refractivity contribution < 1.29 is 37.0 Å². The number of aromatic nitrogens is 8. The summed E-state index contributed by atoms with van der Waals surface area (Å²) in [6.07, 6.45) is 3.95. The summed E-state index contributed by atoms with van der Waals surface area (Å²) in [4.78, 5) is 36.6. The van der Waals surface area contributed by atoms with E-state index < -0.39 is 50.8 Å². The maximum atomic E-state index is 13.4. The van der Waals surface area contributed by atoms with Crippen LogP contribution in [-0.2, 0) is 43.9 Å². The second-order valence-corrected chi connectivity index (χ2v) is 14.8. The molecule has 2 bridgehead atoms. The number of rotatable bonds is 3. The van der Waals surface area contributed by atoms with Gasteiger partial charge >= 0.3 is 15.0 Å². The van der Waals surface area contributed by atoms with Crippen molar-refractivity contribution in [1.29, 1.82) is 0 Å². The molecule has 8 rings (SSSR count). The number of nitrogen functional groups attached to an aromatic ring is 2. The van der Waals surface area contributed by atoms with Gasteiger partial charge in [-0.05, 0) is 24.6 Å². The fourth-order valence-corrected chi connectivity index (χ4v) is 9.16. The molecule has 232 valence electrons. The SMILES string of the molecule is CC[C@@]12CO[P+](=O)O[C@@H]3C[C@@H](COP(O)(=S)O[C@]14C[C@H]4[C@H](n1cnc4c(N)ncnc41)O2)O[C@H]3n1cnc2c(N)ncnc21. The molecule has 1 aliphatic carbocycles. The minimum absolute atomic E-state index is 0.113. The molecule has 9 atom stereocenters. The van der Waals surface area contributed by atoms with Gasteiger partial charge in [-0.2, -0.15) is 0 Å². The van der Waals surface area contributed by atoms with Gasteiger partial charge in [0.2, 0.25) is 0 Å². The van der Waals surface area contributed by atoms with Crippen LogP contribution in [0.1, 0.15) is 38.6 Å². The van der Waals surface area contributed by atoms with E-state index in [2.05, 4.69) is 29.9 Å². The Labute approximate surface area is 254 Å². The molecular weight excluding hydrogens is 638 g/mol. The molecule has 0 aromatic carbocycles. The van der Waals surface area contributed by atoms with Crippen LogP contribution in [0.15, 0.2) is 25.3 Å².